The van der Waals surface area contributed by atoms with E-state index in [1.807, 2.05) is 51.1 Å². The molecule has 0 bridgehead atoms. The first-order valence-electron chi connectivity index (χ1n) is 13.2. The predicted octanol–water partition coefficient (Wildman–Crippen LogP) is 1.32. The lowest BCUT2D eigenvalue weighted by Gasteiger charge is -2.29. The van der Waals surface area contributed by atoms with Crippen molar-refractivity contribution in [2.75, 3.05) is 6.54 Å². The normalized spacial score (nSPS) is 15.9. The third-order valence-electron chi connectivity index (χ3n) is 6.79. The van der Waals surface area contributed by atoms with Crippen LogP contribution in [0.3, 0.4) is 0 Å². The highest BCUT2D eigenvalue weighted by atomic mass is 16.4. The SMILES string of the molecule is CCC(C)C(NC(=O)C(NC(=O)C(Cc1ccccc1)NC(=O)C(N)CCCCN)C(C)CC)C(=O)O. The number of nitrogens with two attached hydrogens (primary N) is 2. The van der Waals surface area contributed by atoms with Crippen LogP contribution >= 0.6 is 0 Å². The second-order valence-electron chi connectivity index (χ2n) is 9.72. The van der Waals surface area contributed by atoms with Crippen molar-refractivity contribution in [2.45, 2.75) is 90.4 Å². The first-order valence-corrected chi connectivity index (χ1v) is 13.2. The summed E-state index contributed by atoms with van der Waals surface area (Å²) in [5, 5.41) is 17.7. The summed E-state index contributed by atoms with van der Waals surface area (Å²) in [6, 6.07) is 5.39. The summed E-state index contributed by atoms with van der Waals surface area (Å²) in [7, 11) is 0. The fourth-order valence-corrected chi connectivity index (χ4v) is 3.86. The molecule has 0 aliphatic rings. The molecule has 6 atom stereocenters. The molecule has 0 aliphatic carbocycles. The summed E-state index contributed by atoms with van der Waals surface area (Å²) in [5.41, 5.74) is 12.4. The van der Waals surface area contributed by atoms with Gasteiger partial charge >= 0.3 is 5.97 Å². The standard InChI is InChI=1S/C27H45N5O5/c1-5-17(3)22(26(35)32-23(27(36)37)18(4)6-2)31-25(34)21(16-19-12-8-7-9-13-19)30-24(33)20(29)14-10-11-15-28/h7-9,12-13,17-18,20-23H,5-6,10-11,14-16,28-29H2,1-4H3,(H,30,33)(H,31,34)(H,32,35)(H,36,37). The Kier molecular flexibility index (Phi) is 14.5. The molecule has 0 fully saturated rings. The lowest BCUT2D eigenvalue weighted by molar-refractivity contribution is -0.144. The smallest absolute Gasteiger partial charge is 0.326 e. The Balaban J connectivity index is 3.11. The van der Waals surface area contributed by atoms with Crippen molar-refractivity contribution < 1.29 is 24.3 Å². The van der Waals surface area contributed by atoms with Gasteiger partial charge in [-0.05, 0) is 36.8 Å². The van der Waals surface area contributed by atoms with E-state index in [4.69, 9.17) is 11.5 Å². The summed E-state index contributed by atoms with van der Waals surface area (Å²) in [5.74, 6) is -3.27. The van der Waals surface area contributed by atoms with Gasteiger partial charge in [-0.1, -0.05) is 77.3 Å². The van der Waals surface area contributed by atoms with Crippen LogP contribution < -0.4 is 27.4 Å². The van der Waals surface area contributed by atoms with Crippen LogP contribution in [-0.2, 0) is 25.6 Å². The second-order valence-corrected chi connectivity index (χ2v) is 9.72. The molecule has 1 aromatic rings. The average molecular weight is 520 g/mol. The van der Waals surface area contributed by atoms with Gasteiger partial charge in [-0.15, -0.1) is 0 Å². The van der Waals surface area contributed by atoms with E-state index in [1.165, 1.54) is 0 Å². The van der Waals surface area contributed by atoms with E-state index < -0.39 is 47.9 Å². The lowest BCUT2D eigenvalue weighted by Crippen LogP contribution is -2.59. The van der Waals surface area contributed by atoms with Crippen LogP contribution in [0.2, 0.25) is 0 Å². The van der Waals surface area contributed by atoms with Gasteiger partial charge in [0.1, 0.15) is 18.1 Å². The van der Waals surface area contributed by atoms with Crippen molar-refractivity contribution in [1.82, 2.24) is 16.0 Å². The first-order chi connectivity index (χ1) is 17.5. The molecular weight excluding hydrogens is 474 g/mol. The van der Waals surface area contributed by atoms with E-state index >= 15 is 0 Å². The second kappa shape index (κ2) is 16.7. The van der Waals surface area contributed by atoms with Crippen LogP contribution in [0.25, 0.3) is 0 Å². The quantitative estimate of drug-likeness (QED) is 0.168. The maximum Gasteiger partial charge on any atom is 0.326 e. The number of amides is 3. The molecule has 0 saturated carbocycles. The van der Waals surface area contributed by atoms with E-state index in [1.54, 1.807) is 6.92 Å². The number of carboxylic acids is 1. The van der Waals surface area contributed by atoms with Crippen molar-refractivity contribution in [3.63, 3.8) is 0 Å². The van der Waals surface area contributed by atoms with Crippen LogP contribution in [-0.4, -0.2) is 59.5 Å². The number of hydrogen-bond acceptors (Lipinski definition) is 6. The van der Waals surface area contributed by atoms with Crippen molar-refractivity contribution in [3.8, 4) is 0 Å². The van der Waals surface area contributed by atoms with E-state index in [0.29, 0.717) is 32.2 Å². The summed E-state index contributed by atoms with van der Waals surface area (Å²) in [6.07, 6.45) is 3.21. The predicted molar refractivity (Wildman–Crippen MR) is 143 cm³/mol. The number of aliphatic carboxylic acids is 1. The molecule has 3 amide bonds. The Morgan fingerprint density at radius 1 is 0.838 bits per heavy atom. The van der Waals surface area contributed by atoms with Crippen molar-refractivity contribution >= 4 is 23.7 Å². The van der Waals surface area contributed by atoms with E-state index in [9.17, 15) is 24.3 Å². The molecule has 208 valence electrons. The number of benzene rings is 1. The third kappa shape index (κ3) is 10.9. The monoisotopic (exact) mass is 519 g/mol. The minimum Gasteiger partial charge on any atom is -0.480 e. The molecule has 37 heavy (non-hydrogen) atoms. The van der Waals surface area contributed by atoms with Crippen molar-refractivity contribution in [1.29, 1.82) is 0 Å². The van der Waals surface area contributed by atoms with Gasteiger partial charge in [0.2, 0.25) is 17.7 Å². The number of nitrogens with one attached hydrogen (secondary N) is 3. The zero-order chi connectivity index (χ0) is 28.0. The minimum atomic E-state index is -1.13. The molecule has 0 heterocycles. The van der Waals surface area contributed by atoms with Crippen molar-refractivity contribution in [2.24, 2.45) is 23.3 Å². The number of carboxylic acid groups (broad SMARTS) is 1. The number of carbonyl (C=O) groups excluding carboxylic acids is 3. The van der Waals surface area contributed by atoms with E-state index in [-0.39, 0.29) is 18.3 Å². The Hall–Kier alpha value is -2.98. The Labute approximate surface area is 220 Å². The molecule has 1 aromatic carbocycles. The minimum absolute atomic E-state index is 0.202. The lowest BCUT2D eigenvalue weighted by atomic mass is 9.94. The molecule has 0 aliphatic heterocycles. The Morgan fingerprint density at radius 2 is 1.41 bits per heavy atom. The molecule has 6 unspecified atom stereocenters. The molecule has 0 aromatic heterocycles. The fraction of sp³-hybridized carbons (Fsp3) is 0.630. The zero-order valence-electron chi connectivity index (χ0n) is 22.5. The highest BCUT2D eigenvalue weighted by molar-refractivity contribution is 5.94. The van der Waals surface area contributed by atoms with E-state index in [0.717, 1.165) is 12.0 Å². The Morgan fingerprint density at radius 3 is 1.95 bits per heavy atom. The van der Waals surface area contributed by atoms with Crippen LogP contribution in [0, 0.1) is 11.8 Å². The summed E-state index contributed by atoms with van der Waals surface area (Å²) >= 11 is 0. The van der Waals surface area contributed by atoms with Gasteiger partial charge in [0.15, 0.2) is 0 Å². The molecular formula is C27H45N5O5. The van der Waals surface area contributed by atoms with E-state index in [2.05, 4.69) is 16.0 Å². The molecule has 0 radical (unpaired) electrons. The molecule has 10 heteroatoms. The average Bonchev–Trinajstić information content (AvgIpc) is 2.89. The number of rotatable bonds is 17. The van der Waals surface area contributed by atoms with Crippen LogP contribution in [0.1, 0.15) is 65.4 Å². The summed E-state index contributed by atoms with van der Waals surface area (Å²) in [4.78, 5) is 51.1. The van der Waals surface area contributed by atoms with Gasteiger partial charge in [-0.2, -0.15) is 0 Å². The van der Waals surface area contributed by atoms with Crippen LogP contribution in [0.5, 0.6) is 0 Å². The number of carbonyl (C=O) groups is 4. The molecule has 1 rings (SSSR count). The highest BCUT2D eigenvalue weighted by Gasteiger charge is 2.34. The largest absolute Gasteiger partial charge is 0.480 e. The maximum absolute atomic E-state index is 13.4. The highest BCUT2D eigenvalue weighted by Crippen LogP contribution is 2.13. The van der Waals surface area contributed by atoms with Gasteiger partial charge in [-0.3, -0.25) is 14.4 Å². The number of hydrogen-bond donors (Lipinski definition) is 6. The zero-order valence-corrected chi connectivity index (χ0v) is 22.5. The van der Waals surface area contributed by atoms with Gasteiger partial charge in [0.25, 0.3) is 0 Å². The van der Waals surface area contributed by atoms with Gasteiger partial charge in [-0.25, -0.2) is 4.79 Å². The third-order valence-corrected chi connectivity index (χ3v) is 6.79. The van der Waals surface area contributed by atoms with Gasteiger partial charge in [0.05, 0.1) is 6.04 Å². The van der Waals surface area contributed by atoms with Crippen LogP contribution in [0.15, 0.2) is 30.3 Å². The molecule has 0 saturated heterocycles. The van der Waals surface area contributed by atoms with Crippen molar-refractivity contribution in [3.05, 3.63) is 35.9 Å². The molecule has 8 N–H and O–H groups in total. The first kappa shape index (κ1) is 32.0. The van der Waals surface area contributed by atoms with Gasteiger partial charge in [0, 0.05) is 6.42 Å². The van der Waals surface area contributed by atoms with Gasteiger partial charge < -0.3 is 32.5 Å². The van der Waals surface area contributed by atoms with Crippen LogP contribution in [0.4, 0.5) is 0 Å². The number of unbranched alkanes of at least 4 members (excludes halogenated alkanes) is 1. The Bertz CT molecular complexity index is 866. The summed E-state index contributed by atoms with van der Waals surface area (Å²) < 4.78 is 0. The summed E-state index contributed by atoms with van der Waals surface area (Å²) in [6.45, 7) is 7.79. The molecule has 10 nitrogen and oxygen atoms in total. The molecule has 0 spiro atoms. The maximum atomic E-state index is 13.4. The fourth-order valence-electron chi connectivity index (χ4n) is 3.86. The topological polar surface area (TPSA) is 177 Å².